The molecule has 3 aromatic carbocycles. The molecule has 340 valence electrons. The third kappa shape index (κ3) is 9.36. The molecule has 2 aliphatic carbocycles. The lowest BCUT2D eigenvalue weighted by atomic mass is 9.87. The van der Waals surface area contributed by atoms with Crippen molar-refractivity contribution < 1.29 is 41.1 Å². The monoisotopic (exact) mass is 904 g/mol. The highest BCUT2D eigenvalue weighted by atomic mass is 32.2. The van der Waals surface area contributed by atoms with Crippen LogP contribution in [-0.4, -0.2) is 82.4 Å². The zero-order chi connectivity index (χ0) is 45.7. The first-order valence-corrected chi connectivity index (χ1v) is 24.0. The van der Waals surface area contributed by atoms with Crippen LogP contribution < -0.4 is 20.1 Å². The van der Waals surface area contributed by atoms with Gasteiger partial charge in [-0.1, -0.05) is 94.3 Å². The van der Waals surface area contributed by atoms with Crippen LogP contribution in [-0.2, 0) is 41.0 Å². The number of amides is 4. The van der Waals surface area contributed by atoms with E-state index >= 15 is 0 Å². The molecule has 9 rings (SSSR count). The van der Waals surface area contributed by atoms with Gasteiger partial charge in [-0.25, -0.2) is 17.8 Å². The van der Waals surface area contributed by atoms with Crippen molar-refractivity contribution in [1.29, 1.82) is 0 Å². The lowest BCUT2D eigenvalue weighted by molar-refractivity contribution is -0.142. The third-order valence-corrected chi connectivity index (χ3v) is 14.8. The summed E-state index contributed by atoms with van der Waals surface area (Å²) in [4.78, 5) is 68.3. The number of rotatable bonds is 9. The SMILES string of the molecule is CC(C)(C)c1ccc(-c2nc(O[C@@H]3C[C@H]4C(=O)N[C@]5(C(=O)NS(=O)(=O)C6CC6)C[C@H]5C=CCCCCC[C@H](NC(=O)Cc5ccc(F)cc5)C(=O)N4C3)c3oc4ccccc4c3n2)cc1. The van der Waals surface area contributed by atoms with E-state index in [1.54, 1.807) is 0 Å². The highest BCUT2D eigenvalue weighted by Crippen LogP contribution is 2.46. The Bertz CT molecular complexity index is 2800. The molecular formula is C49H53FN6O8S. The first-order valence-electron chi connectivity index (χ1n) is 22.4. The Morgan fingerprint density at radius 2 is 1.72 bits per heavy atom. The largest absolute Gasteiger partial charge is 0.470 e. The number of nitrogens with zero attached hydrogens (tertiary/aromatic N) is 3. The van der Waals surface area contributed by atoms with Gasteiger partial charge in [0.05, 0.1) is 18.2 Å². The summed E-state index contributed by atoms with van der Waals surface area (Å²) in [5.74, 6) is -2.87. The third-order valence-electron chi connectivity index (χ3n) is 12.9. The molecule has 3 fully saturated rings. The number of hydrogen-bond acceptors (Lipinski definition) is 10. The molecule has 65 heavy (non-hydrogen) atoms. The van der Waals surface area contributed by atoms with Gasteiger partial charge in [0.25, 0.3) is 11.8 Å². The first-order chi connectivity index (χ1) is 31.1. The van der Waals surface area contributed by atoms with E-state index in [1.165, 1.54) is 29.2 Å². The molecule has 0 radical (unpaired) electrons. The van der Waals surface area contributed by atoms with E-state index in [2.05, 4.69) is 36.1 Å². The first kappa shape index (κ1) is 44.1. The maximum absolute atomic E-state index is 14.9. The number of carbonyl (C=O) groups is 4. The minimum absolute atomic E-state index is 0.0340. The molecule has 0 spiro atoms. The van der Waals surface area contributed by atoms with Gasteiger partial charge < -0.3 is 24.7 Å². The van der Waals surface area contributed by atoms with Crippen LogP contribution in [0.15, 0.2) is 89.4 Å². The molecule has 16 heteroatoms. The van der Waals surface area contributed by atoms with E-state index in [-0.39, 0.29) is 49.1 Å². The Morgan fingerprint density at radius 3 is 2.46 bits per heavy atom. The number of sulfonamides is 1. The lowest BCUT2D eigenvalue weighted by Gasteiger charge is -2.30. The molecule has 14 nitrogen and oxygen atoms in total. The zero-order valence-electron chi connectivity index (χ0n) is 36.6. The number of fused-ring (bicyclic) bond motifs is 5. The van der Waals surface area contributed by atoms with Crippen molar-refractivity contribution in [3.63, 3.8) is 0 Å². The van der Waals surface area contributed by atoms with Gasteiger partial charge >= 0.3 is 0 Å². The van der Waals surface area contributed by atoms with Crippen LogP contribution in [0.5, 0.6) is 5.88 Å². The predicted octanol–water partition coefficient (Wildman–Crippen LogP) is 6.56. The molecule has 1 saturated heterocycles. The number of nitrogens with one attached hydrogen (secondary N) is 3. The van der Waals surface area contributed by atoms with Crippen molar-refractivity contribution in [3.8, 4) is 17.3 Å². The Kier molecular flexibility index (Phi) is 11.7. The fourth-order valence-electron chi connectivity index (χ4n) is 8.93. The summed E-state index contributed by atoms with van der Waals surface area (Å²) in [7, 11) is -3.94. The van der Waals surface area contributed by atoms with E-state index in [0.29, 0.717) is 48.2 Å². The second-order valence-electron chi connectivity index (χ2n) is 18.9. The van der Waals surface area contributed by atoms with Crippen molar-refractivity contribution in [1.82, 2.24) is 30.2 Å². The Balaban J connectivity index is 1.06. The number of furan rings is 1. The van der Waals surface area contributed by atoms with Crippen LogP contribution in [0.4, 0.5) is 4.39 Å². The number of carbonyl (C=O) groups excluding carboxylic acids is 4. The second-order valence-corrected chi connectivity index (χ2v) is 20.8. The van der Waals surface area contributed by atoms with Crippen LogP contribution in [0.1, 0.15) is 89.7 Å². The number of aromatic nitrogens is 2. The molecule has 4 heterocycles. The van der Waals surface area contributed by atoms with Gasteiger partial charge in [0.2, 0.25) is 33.3 Å². The molecule has 0 unspecified atom stereocenters. The molecule has 5 aromatic rings. The van der Waals surface area contributed by atoms with Gasteiger partial charge in [-0.15, -0.1) is 0 Å². The number of ether oxygens (including phenoxy) is 1. The van der Waals surface area contributed by atoms with Gasteiger partial charge in [0, 0.05) is 23.3 Å². The second kappa shape index (κ2) is 17.3. The van der Waals surface area contributed by atoms with Crippen molar-refractivity contribution in [2.45, 2.75) is 119 Å². The minimum atomic E-state index is -3.94. The summed E-state index contributed by atoms with van der Waals surface area (Å²) in [6.07, 6.45) is 6.92. The van der Waals surface area contributed by atoms with Crippen LogP contribution >= 0.6 is 0 Å². The number of allylic oxidation sites excluding steroid dienone is 1. The highest BCUT2D eigenvalue weighted by Gasteiger charge is 2.62. The van der Waals surface area contributed by atoms with Crippen molar-refractivity contribution in [2.75, 3.05) is 6.54 Å². The fraction of sp³-hybridized carbons (Fsp3) is 0.429. The molecule has 2 saturated carbocycles. The molecule has 5 atom stereocenters. The van der Waals surface area contributed by atoms with Crippen LogP contribution in [0.3, 0.4) is 0 Å². The van der Waals surface area contributed by atoms with Crippen LogP contribution in [0, 0.1) is 11.7 Å². The van der Waals surface area contributed by atoms with Crippen LogP contribution in [0.25, 0.3) is 33.5 Å². The van der Waals surface area contributed by atoms with Gasteiger partial charge in [0.1, 0.15) is 40.6 Å². The molecular weight excluding hydrogens is 852 g/mol. The lowest BCUT2D eigenvalue weighted by Crippen LogP contribution is -2.58. The number of hydrogen-bond donors (Lipinski definition) is 3. The number of benzene rings is 3. The molecule has 4 aliphatic rings. The minimum Gasteiger partial charge on any atom is -0.470 e. The molecule has 2 aromatic heterocycles. The standard InChI is InChI=1S/C49H53FN6O8S/c1-48(2,3)31-19-17-30(18-20-31)43-52-41-36-12-9-10-14-39(36)64-42(41)45(53-43)63-34-26-38-44(58)54-49(47(60)55-65(61,62)35-23-24-35)27-32(49)11-7-5-4-6-8-13-37(46(59)56(38)28-34)51-40(57)25-29-15-21-33(50)22-16-29/h7,9-12,14-22,32,34-35,37-38H,4-6,8,13,23-28H2,1-3H3,(H,51,57)(H,54,58)(H,55,60)/t32-,34-,37+,38+,49-/m1/s1. The van der Waals surface area contributed by atoms with Crippen LogP contribution in [0.2, 0.25) is 0 Å². The maximum Gasteiger partial charge on any atom is 0.262 e. The summed E-state index contributed by atoms with van der Waals surface area (Å²) >= 11 is 0. The van der Waals surface area contributed by atoms with E-state index < -0.39 is 74.4 Å². The summed E-state index contributed by atoms with van der Waals surface area (Å²) in [6, 6.07) is 18.7. The summed E-state index contributed by atoms with van der Waals surface area (Å²) in [5, 5.41) is 5.89. The predicted molar refractivity (Wildman–Crippen MR) is 241 cm³/mol. The summed E-state index contributed by atoms with van der Waals surface area (Å²) in [5.41, 5.74) is 2.16. The van der Waals surface area contributed by atoms with Gasteiger partial charge in [-0.2, -0.15) is 4.98 Å². The number of halogens is 1. The Morgan fingerprint density at radius 1 is 0.969 bits per heavy atom. The molecule has 2 aliphatic heterocycles. The van der Waals surface area contributed by atoms with E-state index in [0.717, 1.165) is 29.4 Å². The molecule has 3 N–H and O–H groups in total. The van der Waals surface area contributed by atoms with Gasteiger partial charge in [0.15, 0.2) is 5.82 Å². The normalized spacial score (nSPS) is 24.1. The summed E-state index contributed by atoms with van der Waals surface area (Å²) in [6.45, 7) is 6.30. The van der Waals surface area contributed by atoms with Gasteiger partial charge in [-0.3, -0.25) is 23.9 Å². The summed E-state index contributed by atoms with van der Waals surface area (Å²) < 4.78 is 54.9. The van der Waals surface area contributed by atoms with Gasteiger partial charge in [-0.05, 0) is 79.3 Å². The van der Waals surface area contributed by atoms with E-state index in [4.69, 9.17) is 19.1 Å². The number of para-hydroxylation sites is 1. The van der Waals surface area contributed by atoms with Crippen molar-refractivity contribution in [2.24, 2.45) is 5.92 Å². The van der Waals surface area contributed by atoms with Crippen molar-refractivity contribution >= 4 is 55.7 Å². The van der Waals surface area contributed by atoms with E-state index in [9.17, 15) is 32.0 Å². The quantitative estimate of drug-likeness (QED) is 0.137. The zero-order valence-corrected chi connectivity index (χ0v) is 37.5. The molecule has 0 bridgehead atoms. The maximum atomic E-state index is 14.9. The molecule has 4 amide bonds. The highest BCUT2D eigenvalue weighted by molar-refractivity contribution is 7.91. The van der Waals surface area contributed by atoms with Crippen molar-refractivity contribution in [3.05, 3.63) is 102 Å². The Labute approximate surface area is 376 Å². The Hall–Kier alpha value is -6.16. The fourth-order valence-corrected chi connectivity index (χ4v) is 10.3. The average molecular weight is 905 g/mol. The topological polar surface area (TPSA) is 190 Å². The average Bonchev–Trinajstić information content (AvgIpc) is 4.17. The van der Waals surface area contributed by atoms with E-state index in [1.807, 2.05) is 60.7 Å². The smallest absolute Gasteiger partial charge is 0.262 e.